The molecular weight excluding hydrogens is 414 g/mol. The van der Waals surface area contributed by atoms with Crippen LogP contribution in [0.15, 0.2) is 48.5 Å². The van der Waals surface area contributed by atoms with Gasteiger partial charge in [-0.2, -0.15) is 0 Å². The fourth-order valence-electron chi connectivity index (χ4n) is 2.87. The number of benzene rings is 2. The second-order valence-corrected chi connectivity index (χ2v) is 6.76. The Morgan fingerprint density at radius 2 is 1.73 bits per heavy atom. The van der Waals surface area contributed by atoms with E-state index in [1.807, 2.05) is 0 Å². The topological polar surface area (TPSA) is 142 Å². The van der Waals surface area contributed by atoms with Crippen LogP contribution in [0.1, 0.15) is 35.2 Å². The van der Waals surface area contributed by atoms with Gasteiger partial charge in [0.05, 0.1) is 18.0 Å². The fourth-order valence-corrected chi connectivity index (χ4v) is 2.99. The Labute approximate surface area is 177 Å². The number of ether oxygens (including phenoxy) is 1. The Hall–Kier alpha value is -3.46. The highest BCUT2D eigenvalue weighted by molar-refractivity contribution is 6.30. The van der Waals surface area contributed by atoms with E-state index in [0.717, 1.165) is 0 Å². The van der Waals surface area contributed by atoms with Gasteiger partial charge in [0.15, 0.2) is 0 Å². The monoisotopic (exact) mass is 433 g/mol. The molecule has 9 nitrogen and oxygen atoms in total. The van der Waals surface area contributed by atoms with Gasteiger partial charge < -0.3 is 15.8 Å². The maximum atomic E-state index is 12.6. The number of carbonyl (C=O) groups excluding carboxylic acids is 3. The SMILES string of the molecule is CCOC(=O)C[C@H](c1ccc([N+](=O)[O-])cc1)[C@@H](NC(=O)c1ccc(Cl)cc1)C(N)=O. The van der Waals surface area contributed by atoms with Crippen molar-refractivity contribution in [2.24, 2.45) is 5.73 Å². The van der Waals surface area contributed by atoms with Crippen LogP contribution in [0.4, 0.5) is 5.69 Å². The van der Waals surface area contributed by atoms with Crippen molar-refractivity contribution in [1.82, 2.24) is 5.32 Å². The van der Waals surface area contributed by atoms with E-state index in [-0.39, 0.29) is 24.3 Å². The number of primary amides is 1. The first-order valence-electron chi connectivity index (χ1n) is 8.98. The summed E-state index contributed by atoms with van der Waals surface area (Å²) in [7, 11) is 0. The molecule has 0 heterocycles. The van der Waals surface area contributed by atoms with Crippen molar-refractivity contribution in [3.63, 3.8) is 0 Å². The van der Waals surface area contributed by atoms with E-state index >= 15 is 0 Å². The molecule has 0 radical (unpaired) electrons. The third-order valence-corrected chi connectivity index (χ3v) is 4.58. The maximum absolute atomic E-state index is 12.6. The lowest BCUT2D eigenvalue weighted by Crippen LogP contribution is -2.48. The number of halogens is 1. The minimum absolute atomic E-state index is 0.129. The molecule has 2 atom stereocenters. The zero-order valence-electron chi connectivity index (χ0n) is 16.0. The average molecular weight is 434 g/mol. The summed E-state index contributed by atoms with van der Waals surface area (Å²) in [6, 6.07) is 10.0. The Morgan fingerprint density at radius 3 is 2.23 bits per heavy atom. The molecule has 0 bridgehead atoms. The molecule has 2 aromatic rings. The summed E-state index contributed by atoms with van der Waals surface area (Å²) in [5, 5.41) is 13.9. The number of nitrogens with two attached hydrogens (primary N) is 1. The highest BCUT2D eigenvalue weighted by atomic mass is 35.5. The molecule has 0 saturated carbocycles. The number of hydrogen-bond acceptors (Lipinski definition) is 6. The van der Waals surface area contributed by atoms with Crippen LogP contribution >= 0.6 is 11.6 Å². The lowest BCUT2D eigenvalue weighted by Gasteiger charge is -2.25. The molecule has 0 aliphatic carbocycles. The van der Waals surface area contributed by atoms with E-state index in [1.165, 1.54) is 48.5 Å². The average Bonchev–Trinajstić information content (AvgIpc) is 2.71. The molecule has 2 amide bonds. The van der Waals surface area contributed by atoms with E-state index < -0.39 is 34.7 Å². The van der Waals surface area contributed by atoms with Crippen LogP contribution in [-0.4, -0.2) is 35.4 Å². The molecule has 0 aliphatic heterocycles. The molecule has 0 aromatic heterocycles. The number of carbonyl (C=O) groups is 3. The minimum atomic E-state index is -1.26. The van der Waals surface area contributed by atoms with Crippen LogP contribution < -0.4 is 11.1 Å². The Balaban J connectivity index is 2.36. The number of nitro groups is 1. The quantitative estimate of drug-likeness (QED) is 0.353. The largest absolute Gasteiger partial charge is 0.466 e. The lowest BCUT2D eigenvalue weighted by molar-refractivity contribution is -0.384. The predicted molar refractivity (Wildman–Crippen MR) is 109 cm³/mol. The summed E-state index contributed by atoms with van der Waals surface area (Å²) in [4.78, 5) is 47.2. The molecule has 0 spiro atoms. The normalized spacial score (nSPS) is 12.5. The molecule has 0 fully saturated rings. The van der Waals surface area contributed by atoms with Gasteiger partial charge in [0.1, 0.15) is 6.04 Å². The third kappa shape index (κ3) is 6.02. The second kappa shape index (κ2) is 10.4. The summed E-state index contributed by atoms with van der Waals surface area (Å²) in [5.41, 5.74) is 6.01. The first-order valence-corrected chi connectivity index (χ1v) is 9.36. The number of nitrogens with zero attached hydrogens (tertiary/aromatic N) is 1. The number of nitro benzene ring substituents is 1. The summed E-state index contributed by atoms with van der Waals surface area (Å²) in [6.45, 7) is 1.76. The Bertz CT molecular complexity index is 931. The minimum Gasteiger partial charge on any atom is -0.466 e. The smallest absolute Gasteiger partial charge is 0.306 e. The van der Waals surface area contributed by atoms with Crippen molar-refractivity contribution < 1.29 is 24.0 Å². The molecule has 2 aromatic carbocycles. The van der Waals surface area contributed by atoms with Gasteiger partial charge in [-0.15, -0.1) is 0 Å². The summed E-state index contributed by atoms with van der Waals surface area (Å²) in [6.07, 6.45) is -0.264. The molecule has 0 aliphatic rings. The van der Waals surface area contributed by atoms with E-state index in [1.54, 1.807) is 6.92 Å². The highest BCUT2D eigenvalue weighted by Gasteiger charge is 2.32. The molecule has 3 N–H and O–H groups in total. The lowest BCUT2D eigenvalue weighted by atomic mass is 9.87. The van der Waals surface area contributed by atoms with Gasteiger partial charge >= 0.3 is 5.97 Å². The van der Waals surface area contributed by atoms with Crippen molar-refractivity contribution in [3.8, 4) is 0 Å². The highest BCUT2D eigenvalue weighted by Crippen LogP contribution is 2.27. The van der Waals surface area contributed by atoms with Gasteiger partial charge in [0, 0.05) is 28.6 Å². The number of esters is 1. The van der Waals surface area contributed by atoms with Crippen LogP contribution in [-0.2, 0) is 14.3 Å². The van der Waals surface area contributed by atoms with Gasteiger partial charge in [-0.3, -0.25) is 24.5 Å². The van der Waals surface area contributed by atoms with Gasteiger partial charge in [0.25, 0.3) is 11.6 Å². The zero-order chi connectivity index (χ0) is 22.3. The molecule has 30 heavy (non-hydrogen) atoms. The molecule has 0 saturated heterocycles. The molecule has 158 valence electrons. The number of nitrogens with one attached hydrogen (secondary N) is 1. The first-order chi connectivity index (χ1) is 14.2. The standard InChI is InChI=1S/C20H20ClN3O6/c1-2-30-17(25)11-16(12-5-9-15(10-6-12)24(28)29)18(19(22)26)23-20(27)13-3-7-14(21)8-4-13/h3-10,16,18H,2,11H2,1H3,(H2,22,26)(H,23,27)/t16-,18-/m1/s1. The zero-order valence-corrected chi connectivity index (χ0v) is 16.8. The van der Waals surface area contributed by atoms with E-state index in [0.29, 0.717) is 10.6 Å². The van der Waals surface area contributed by atoms with Crippen molar-refractivity contribution in [2.75, 3.05) is 6.61 Å². The van der Waals surface area contributed by atoms with Crippen molar-refractivity contribution in [2.45, 2.75) is 25.3 Å². The Kier molecular flexibility index (Phi) is 7.88. The number of amides is 2. The summed E-state index contributed by atoms with van der Waals surface area (Å²) in [5.74, 6) is -2.96. The summed E-state index contributed by atoms with van der Waals surface area (Å²) < 4.78 is 4.96. The van der Waals surface area contributed by atoms with Gasteiger partial charge in [-0.25, -0.2) is 0 Å². The van der Waals surface area contributed by atoms with Crippen LogP contribution in [0.5, 0.6) is 0 Å². The van der Waals surface area contributed by atoms with Crippen LogP contribution in [0.25, 0.3) is 0 Å². The Morgan fingerprint density at radius 1 is 1.13 bits per heavy atom. The van der Waals surface area contributed by atoms with Crippen molar-refractivity contribution in [3.05, 3.63) is 74.8 Å². The number of non-ortho nitro benzene ring substituents is 1. The van der Waals surface area contributed by atoms with Gasteiger partial charge in [-0.1, -0.05) is 23.7 Å². The maximum Gasteiger partial charge on any atom is 0.306 e. The second-order valence-electron chi connectivity index (χ2n) is 6.32. The molecular formula is C20H20ClN3O6. The van der Waals surface area contributed by atoms with Gasteiger partial charge in [-0.05, 0) is 36.8 Å². The first kappa shape index (κ1) is 22.8. The van der Waals surface area contributed by atoms with Crippen LogP contribution in [0, 0.1) is 10.1 Å². The van der Waals surface area contributed by atoms with Crippen molar-refractivity contribution >= 4 is 35.1 Å². The van der Waals surface area contributed by atoms with E-state index in [4.69, 9.17) is 22.1 Å². The predicted octanol–water partition coefficient (Wildman–Crippen LogP) is 2.57. The van der Waals surface area contributed by atoms with Crippen LogP contribution in [0.3, 0.4) is 0 Å². The molecule has 0 unspecified atom stereocenters. The summed E-state index contributed by atoms with van der Waals surface area (Å²) >= 11 is 5.82. The van der Waals surface area contributed by atoms with Crippen molar-refractivity contribution in [1.29, 1.82) is 0 Å². The van der Waals surface area contributed by atoms with Crippen LogP contribution in [0.2, 0.25) is 5.02 Å². The fraction of sp³-hybridized carbons (Fsp3) is 0.250. The molecule has 2 rings (SSSR count). The van der Waals surface area contributed by atoms with Gasteiger partial charge in [0.2, 0.25) is 5.91 Å². The molecule has 10 heteroatoms. The van der Waals surface area contributed by atoms with E-state index in [9.17, 15) is 24.5 Å². The number of rotatable bonds is 9. The van der Waals surface area contributed by atoms with E-state index in [2.05, 4.69) is 5.32 Å². The third-order valence-electron chi connectivity index (χ3n) is 4.33. The number of hydrogen-bond donors (Lipinski definition) is 2.